The normalized spacial score (nSPS) is 17.4. The molecule has 1 amide bonds. The lowest BCUT2D eigenvalue weighted by atomic mass is 10.2. The summed E-state index contributed by atoms with van der Waals surface area (Å²) in [5.41, 5.74) is -1.06. The Morgan fingerprint density at radius 3 is 2.77 bits per heavy atom. The van der Waals surface area contributed by atoms with Gasteiger partial charge in [-0.25, -0.2) is 9.67 Å². The molecule has 10 heteroatoms. The summed E-state index contributed by atoms with van der Waals surface area (Å²) in [6, 6.07) is 4.28. The lowest BCUT2D eigenvalue weighted by molar-refractivity contribution is -0.137. The molecule has 0 radical (unpaired) electrons. The molecule has 1 aliphatic heterocycles. The van der Waals surface area contributed by atoms with Crippen molar-refractivity contribution in [1.29, 1.82) is 0 Å². The van der Waals surface area contributed by atoms with E-state index in [1.54, 1.807) is 0 Å². The summed E-state index contributed by atoms with van der Waals surface area (Å²) in [7, 11) is 1.44. The minimum absolute atomic E-state index is 0.116. The molecule has 0 N–H and O–H groups in total. The summed E-state index contributed by atoms with van der Waals surface area (Å²) in [4.78, 5) is 29.0. The first kappa shape index (κ1) is 17.9. The van der Waals surface area contributed by atoms with E-state index in [2.05, 4.69) is 10.1 Å². The monoisotopic (exact) mass is 368 g/mol. The average molecular weight is 368 g/mol. The predicted octanol–water partition coefficient (Wildman–Crippen LogP) is 1.49. The van der Waals surface area contributed by atoms with Crippen molar-refractivity contribution in [2.24, 2.45) is 7.05 Å². The maximum Gasteiger partial charge on any atom is 0.416 e. The van der Waals surface area contributed by atoms with Gasteiger partial charge in [-0.1, -0.05) is 0 Å². The minimum Gasteiger partial charge on any atom is -0.472 e. The number of amides is 1. The lowest BCUT2D eigenvalue weighted by Crippen LogP contribution is -2.33. The average Bonchev–Trinajstić information content (AvgIpc) is 3.04. The molecule has 0 aromatic carbocycles. The molecule has 3 heterocycles. The smallest absolute Gasteiger partial charge is 0.416 e. The summed E-state index contributed by atoms with van der Waals surface area (Å²) in [5.74, 6) is -0.511. The van der Waals surface area contributed by atoms with Crippen molar-refractivity contribution in [3.8, 4) is 5.88 Å². The van der Waals surface area contributed by atoms with E-state index < -0.39 is 17.8 Å². The van der Waals surface area contributed by atoms with Gasteiger partial charge in [-0.15, -0.1) is 0 Å². The molecule has 1 unspecified atom stereocenters. The molecule has 26 heavy (non-hydrogen) atoms. The molecular formula is C16H15F3N4O3. The lowest BCUT2D eigenvalue weighted by Gasteiger charge is -2.17. The van der Waals surface area contributed by atoms with E-state index in [-0.39, 0.29) is 29.6 Å². The fraction of sp³-hybridized carbons (Fsp3) is 0.375. The van der Waals surface area contributed by atoms with E-state index in [0.29, 0.717) is 13.0 Å². The summed E-state index contributed by atoms with van der Waals surface area (Å²) in [6.45, 7) is 0.564. The van der Waals surface area contributed by atoms with Crippen molar-refractivity contribution in [2.75, 3.05) is 13.1 Å². The van der Waals surface area contributed by atoms with Crippen molar-refractivity contribution in [3.05, 3.63) is 52.1 Å². The molecule has 138 valence electrons. The van der Waals surface area contributed by atoms with Crippen LogP contribution in [0.2, 0.25) is 0 Å². The van der Waals surface area contributed by atoms with Gasteiger partial charge >= 0.3 is 6.18 Å². The SMILES string of the molecule is Cn1nc(C(=O)N2CCC(Oc3cc(C(F)(F)F)ccn3)C2)ccc1=O. The Labute approximate surface area is 146 Å². The third-order valence-corrected chi connectivity index (χ3v) is 3.96. The molecular weight excluding hydrogens is 353 g/mol. The largest absolute Gasteiger partial charge is 0.472 e. The second-order valence-corrected chi connectivity index (χ2v) is 5.84. The van der Waals surface area contributed by atoms with Crippen molar-refractivity contribution >= 4 is 5.91 Å². The second-order valence-electron chi connectivity index (χ2n) is 5.84. The van der Waals surface area contributed by atoms with Crippen molar-refractivity contribution < 1.29 is 22.7 Å². The molecule has 0 bridgehead atoms. The Hall–Kier alpha value is -2.91. The molecule has 7 nitrogen and oxygen atoms in total. The van der Waals surface area contributed by atoms with Gasteiger partial charge in [0.25, 0.3) is 11.5 Å². The molecule has 0 spiro atoms. The van der Waals surface area contributed by atoms with Gasteiger partial charge in [-0.05, 0) is 12.1 Å². The molecule has 1 fully saturated rings. The van der Waals surface area contributed by atoms with Crippen LogP contribution in [-0.2, 0) is 13.2 Å². The van der Waals surface area contributed by atoms with Gasteiger partial charge in [-0.3, -0.25) is 9.59 Å². The van der Waals surface area contributed by atoms with Gasteiger partial charge in [0.1, 0.15) is 11.8 Å². The van der Waals surface area contributed by atoms with Crippen LogP contribution in [0.15, 0.2) is 35.3 Å². The van der Waals surface area contributed by atoms with Crippen LogP contribution in [0, 0.1) is 0 Å². The zero-order valence-corrected chi connectivity index (χ0v) is 13.7. The van der Waals surface area contributed by atoms with E-state index in [0.717, 1.165) is 23.0 Å². The number of hydrogen-bond acceptors (Lipinski definition) is 5. The first-order valence-corrected chi connectivity index (χ1v) is 7.77. The zero-order valence-electron chi connectivity index (χ0n) is 13.7. The Kier molecular flexibility index (Phi) is 4.66. The van der Waals surface area contributed by atoms with E-state index in [4.69, 9.17) is 4.74 Å². The number of carbonyl (C=O) groups is 1. The number of rotatable bonds is 3. The highest BCUT2D eigenvalue weighted by Crippen LogP contribution is 2.31. The van der Waals surface area contributed by atoms with Crippen LogP contribution < -0.4 is 10.3 Å². The summed E-state index contributed by atoms with van der Waals surface area (Å²) < 4.78 is 44.7. The number of nitrogens with zero attached hydrogens (tertiary/aromatic N) is 4. The van der Waals surface area contributed by atoms with Crippen molar-refractivity contribution in [2.45, 2.75) is 18.7 Å². The van der Waals surface area contributed by atoms with Crippen LogP contribution in [0.25, 0.3) is 0 Å². The molecule has 1 aliphatic rings. The van der Waals surface area contributed by atoms with Gasteiger partial charge in [-0.2, -0.15) is 18.3 Å². The number of aryl methyl sites for hydroxylation is 1. The van der Waals surface area contributed by atoms with E-state index in [1.165, 1.54) is 24.1 Å². The minimum atomic E-state index is -4.48. The molecule has 0 saturated carbocycles. The third-order valence-electron chi connectivity index (χ3n) is 3.96. The number of pyridine rings is 1. The topological polar surface area (TPSA) is 77.3 Å². The first-order valence-electron chi connectivity index (χ1n) is 7.77. The number of likely N-dealkylation sites (tertiary alicyclic amines) is 1. The highest BCUT2D eigenvalue weighted by Gasteiger charge is 2.32. The number of hydrogen-bond donors (Lipinski definition) is 0. The van der Waals surface area contributed by atoms with Crippen molar-refractivity contribution in [1.82, 2.24) is 19.7 Å². The zero-order chi connectivity index (χ0) is 18.9. The van der Waals surface area contributed by atoms with E-state index in [1.807, 2.05) is 0 Å². The van der Waals surface area contributed by atoms with Crippen LogP contribution in [0.3, 0.4) is 0 Å². The fourth-order valence-corrected chi connectivity index (χ4v) is 2.61. The quantitative estimate of drug-likeness (QED) is 0.820. The number of carbonyl (C=O) groups excluding carboxylic acids is 1. The molecule has 1 saturated heterocycles. The maximum absolute atomic E-state index is 12.7. The third kappa shape index (κ3) is 3.84. The Morgan fingerprint density at radius 2 is 2.08 bits per heavy atom. The molecule has 1 atom stereocenters. The van der Waals surface area contributed by atoms with Crippen LogP contribution >= 0.6 is 0 Å². The van der Waals surface area contributed by atoms with Gasteiger partial charge in [0.15, 0.2) is 0 Å². The number of alkyl halides is 3. The van der Waals surface area contributed by atoms with E-state index in [9.17, 15) is 22.8 Å². The maximum atomic E-state index is 12.7. The number of halogens is 3. The highest BCUT2D eigenvalue weighted by atomic mass is 19.4. The van der Waals surface area contributed by atoms with Gasteiger partial charge in [0.05, 0.1) is 12.1 Å². The molecule has 3 rings (SSSR count). The first-order chi connectivity index (χ1) is 12.2. The fourth-order valence-electron chi connectivity index (χ4n) is 2.61. The van der Waals surface area contributed by atoms with Crippen LogP contribution in [0.1, 0.15) is 22.5 Å². The van der Waals surface area contributed by atoms with Crippen LogP contribution in [0.4, 0.5) is 13.2 Å². The van der Waals surface area contributed by atoms with Gasteiger partial charge < -0.3 is 9.64 Å². The van der Waals surface area contributed by atoms with Crippen molar-refractivity contribution in [3.63, 3.8) is 0 Å². The Bertz CT molecular complexity index is 882. The van der Waals surface area contributed by atoms with Crippen LogP contribution in [-0.4, -0.2) is 44.8 Å². The Morgan fingerprint density at radius 1 is 1.31 bits per heavy atom. The van der Waals surface area contributed by atoms with Crippen LogP contribution in [0.5, 0.6) is 5.88 Å². The number of ether oxygens (including phenoxy) is 1. The standard InChI is InChI=1S/C16H15F3N4O3/c1-22-14(24)3-2-12(21-22)15(25)23-7-5-11(9-23)26-13-8-10(4-6-20-13)16(17,18)19/h2-4,6,8,11H,5,7,9H2,1H3. The predicted molar refractivity (Wildman–Crippen MR) is 83.7 cm³/mol. The molecule has 2 aromatic heterocycles. The highest BCUT2D eigenvalue weighted by molar-refractivity contribution is 5.92. The molecule has 2 aromatic rings. The summed E-state index contributed by atoms with van der Waals surface area (Å²) >= 11 is 0. The molecule has 0 aliphatic carbocycles. The summed E-state index contributed by atoms with van der Waals surface area (Å²) in [6.07, 6.45) is -3.46. The second kappa shape index (κ2) is 6.77. The van der Waals surface area contributed by atoms with Gasteiger partial charge in [0.2, 0.25) is 5.88 Å². The van der Waals surface area contributed by atoms with Gasteiger partial charge in [0, 0.05) is 38.3 Å². The number of aromatic nitrogens is 3. The summed E-state index contributed by atoms with van der Waals surface area (Å²) in [5, 5.41) is 3.90. The Balaban J connectivity index is 1.66. The van der Waals surface area contributed by atoms with E-state index >= 15 is 0 Å².